The third kappa shape index (κ3) is 4.58. The molecule has 0 aliphatic rings. The largest absolute Gasteiger partial charge is 0.488 e. The summed E-state index contributed by atoms with van der Waals surface area (Å²) in [5.74, 6) is -0.129. The summed E-state index contributed by atoms with van der Waals surface area (Å²) >= 11 is 3.40. The van der Waals surface area contributed by atoms with Crippen molar-refractivity contribution in [3.05, 3.63) is 100.0 Å². The summed E-state index contributed by atoms with van der Waals surface area (Å²) in [7, 11) is 0. The Kier molecular flexibility index (Phi) is 5.90. The number of rotatable bonds is 6. The number of nitrogens with zero attached hydrogens (tertiary/aromatic N) is 1. The molecule has 150 valence electrons. The molecule has 0 spiro atoms. The van der Waals surface area contributed by atoms with E-state index in [1.807, 2.05) is 18.2 Å². The van der Waals surface area contributed by atoms with Crippen LogP contribution in [0.25, 0.3) is 11.0 Å². The number of fused-ring (bicyclic) bond motifs is 1. The van der Waals surface area contributed by atoms with Crippen molar-refractivity contribution in [1.82, 2.24) is 5.43 Å². The lowest BCUT2D eigenvalue weighted by Crippen LogP contribution is -2.16. The first-order valence-corrected chi connectivity index (χ1v) is 9.87. The molecule has 3 aromatic carbocycles. The van der Waals surface area contributed by atoms with Crippen LogP contribution in [-0.4, -0.2) is 12.1 Å². The third-order valence-electron chi connectivity index (χ3n) is 4.33. The summed E-state index contributed by atoms with van der Waals surface area (Å²) in [4.78, 5) is 12.3. The van der Waals surface area contributed by atoms with Gasteiger partial charge in [-0.2, -0.15) is 5.10 Å². The number of hydrazone groups is 1. The van der Waals surface area contributed by atoms with Crippen molar-refractivity contribution in [2.24, 2.45) is 5.10 Å². The van der Waals surface area contributed by atoms with Crippen LogP contribution in [0, 0.1) is 5.82 Å². The van der Waals surface area contributed by atoms with Crippen molar-refractivity contribution in [3.8, 4) is 5.75 Å². The molecule has 5 nitrogen and oxygen atoms in total. The lowest BCUT2D eigenvalue weighted by atomic mass is 10.2. The second-order valence-electron chi connectivity index (χ2n) is 6.41. The Morgan fingerprint density at radius 1 is 1.10 bits per heavy atom. The number of ether oxygens (including phenoxy) is 1. The zero-order chi connectivity index (χ0) is 20.9. The van der Waals surface area contributed by atoms with E-state index in [0.717, 1.165) is 9.86 Å². The smallest absolute Gasteiger partial charge is 0.307 e. The van der Waals surface area contributed by atoms with Gasteiger partial charge in [-0.05, 0) is 36.4 Å². The molecule has 0 aliphatic carbocycles. The monoisotopic (exact) mass is 466 g/mol. The number of furan rings is 1. The minimum absolute atomic E-state index is 0.0699. The zero-order valence-corrected chi connectivity index (χ0v) is 17.2. The second-order valence-corrected chi connectivity index (χ2v) is 7.33. The number of hydrogen-bond acceptors (Lipinski definition) is 4. The highest BCUT2D eigenvalue weighted by molar-refractivity contribution is 9.10. The Hall–Kier alpha value is -3.45. The van der Waals surface area contributed by atoms with E-state index in [-0.39, 0.29) is 18.2 Å². The molecular formula is C23H16BrFN2O3. The van der Waals surface area contributed by atoms with Gasteiger partial charge < -0.3 is 9.15 Å². The predicted octanol–water partition coefficient (Wildman–Crippen LogP) is 5.68. The number of carbonyl (C=O) groups excluding carboxylic acids is 1. The maximum absolute atomic E-state index is 13.8. The number of amides is 1. The highest BCUT2D eigenvalue weighted by Crippen LogP contribution is 2.23. The summed E-state index contributed by atoms with van der Waals surface area (Å²) in [6, 6.07) is 20.8. The zero-order valence-electron chi connectivity index (χ0n) is 15.6. The fourth-order valence-electron chi connectivity index (χ4n) is 2.83. The van der Waals surface area contributed by atoms with E-state index in [2.05, 4.69) is 26.5 Å². The van der Waals surface area contributed by atoms with E-state index in [9.17, 15) is 9.18 Å². The molecule has 0 saturated carbocycles. The maximum atomic E-state index is 13.8. The van der Waals surface area contributed by atoms with Gasteiger partial charge >= 0.3 is 5.91 Å². The van der Waals surface area contributed by atoms with E-state index in [4.69, 9.17) is 9.15 Å². The van der Waals surface area contributed by atoms with Crippen molar-refractivity contribution in [1.29, 1.82) is 0 Å². The molecule has 1 amide bonds. The minimum atomic E-state index is -0.466. The van der Waals surface area contributed by atoms with Crippen LogP contribution in [0.3, 0.4) is 0 Å². The summed E-state index contributed by atoms with van der Waals surface area (Å²) in [6.07, 6.45) is 1.46. The molecule has 0 saturated heterocycles. The van der Waals surface area contributed by atoms with Gasteiger partial charge in [-0.25, -0.2) is 9.82 Å². The van der Waals surface area contributed by atoms with Crippen LogP contribution in [0.4, 0.5) is 4.39 Å². The van der Waals surface area contributed by atoms with Crippen LogP contribution in [0.2, 0.25) is 0 Å². The molecular weight excluding hydrogens is 451 g/mol. The number of hydrogen-bond donors (Lipinski definition) is 1. The number of benzene rings is 3. The molecule has 30 heavy (non-hydrogen) atoms. The molecule has 0 fully saturated rings. The van der Waals surface area contributed by atoms with Crippen molar-refractivity contribution in [2.75, 3.05) is 0 Å². The van der Waals surface area contributed by atoms with Crippen LogP contribution < -0.4 is 10.2 Å². The standard InChI is InChI=1S/C23H16BrFN2O3/c24-18-9-10-20(29-14-16-6-1-3-7-19(16)25)17(11-18)13-26-27-23(28)22-12-15-5-2-4-8-21(15)30-22/h1-13H,14H2,(H,27,28)/b26-13+. The summed E-state index contributed by atoms with van der Waals surface area (Å²) < 4.78 is 25.9. The fourth-order valence-corrected chi connectivity index (χ4v) is 3.21. The first-order valence-electron chi connectivity index (χ1n) is 9.08. The lowest BCUT2D eigenvalue weighted by molar-refractivity contribution is 0.0929. The molecule has 7 heteroatoms. The quantitative estimate of drug-likeness (QED) is 0.293. The van der Waals surface area contributed by atoms with Crippen molar-refractivity contribution >= 4 is 39.0 Å². The van der Waals surface area contributed by atoms with Gasteiger partial charge in [-0.15, -0.1) is 0 Å². The van der Waals surface area contributed by atoms with Gasteiger partial charge in [0.15, 0.2) is 5.76 Å². The topological polar surface area (TPSA) is 63.8 Å². The highest BCUT2D eigenvalue weighted by atomic mass is 79.9. The maximum Gasteiger partial charge on any atom is 0.307 e. The highest BCUT2D eigenvalue weighted by Gasteiger charge is 2.11. The van der Waals surface area contributed by atoms with Gasteiger partial charge in [0, 0.05) is 21.0 Å². The Balaban J connectivity index is 1.46. The molecule has 0 bridgehead atoms. The van der Waals surface area contributed by atoms with Crippen LogP contribution in [0.1, 0.15) is 21.7 Å². The normalized spacial score (nSPS) is 11.1. The fraction of sp³-hybridized carbons (Fsp3) is 0.0435. The molecule has 0 unspecified atom stereocenters. The van der Waals surface area contributed by atoms with Crippen molar-refractivity contribution in [2.45, 2.75) is 6.61 Å². The summed E-state index contributed by atoms with van der Waals surface area (Å²) in [5, 5.41) is 4.84. The first-order chi connectivity index (χ1) is 14.6. The summed E-state index contributed by atoms with van der Waals surface area (Å²) in [5.41, 5.74) is 4.13. The molecule has 1 N–H and O–H groups in total. The van der Waals surface area contributed by atoms with E-state index in [1.165, 1.54) is 12.3 Å². The van der Waals surface area contributed by atoms with Gasteiger partial charge in [0.05, 0.1) is 6.21 Å². The number of halogens is 2. The van der Waals surface area contributed by atoms with E-state index in [0.29, 0.717) is 22.5 Å². The van der Waals surface area contributed by atoms with Gasteiger partial charge in [0.1, 0.15) is 23.8 Å². The molecule has 4 rings (SSSR count). The van der Waals surface area contributed by atoms with Gasteiger partial charge in [-0.3, -0.25) is 4.79 Å². The Morgan fingerprint density at radius 2 is 1.90 bits per heavy atom. The molecule has 0 radical (unpaired) electrons. The Labute approximate surface area is 180 Å². The van der Waals surface area contributed by atoms with E-state index >= 15 is 0 Å². The molecule has 0 aliphatic heterocycles. The average molecular weight is 467 g/mol. The first kappa shape index (κ1) is 19.8. The van der Waals surface area contributed by atoms with E-state index < -0.39 is 5.91 Å². The number of carbonyl (C=O) groups is 1. The van der Waals surface area contributed by atoms with Gasteiger partial charge in [-0.1, -0.05) is 52.3 Å². The molecule has 1 heterocycles. The predicted molar refractivity (Wildman–Crippen MR) is 116 cm³/mol. The third-order valence-corrected chi connectivity index (χ3v) is 4.83. The molecule has 1 aromatic heterocycles. The van der Waals surface area contributed by atoms with Crippen LogP contribution >= 0.6 is 15.9 Å². The number of nitrogens with one attached hydrogen (secondary N) is 1. The van der Waals surface area contributed by atoms with Crippen molar-refractivity contribution in [3.63, 3.8) is 0 Å². The lowest BCUT2D eigenvalue weighted by Gasteiger charge is -2.10. The second kappa shape index (κ2) is 8.92. The van der Waals surface area contributed by atoms with Crippen LogP contribution in [-0.2, 0) is 6.61 Å². The average Bonchev–Trinajstić information content (AvgIpc) is 3.19. The van der Waals surface area contributed by atoms with Gasteiger partial charge in [0.2, 0.25) is 0 Å². The molecule has 4 aromatic rings. The Bertz CT molecular complexity index is 1200. The SMILES string of the molecule is O=C(N/N=C/c1cc(Br)ccc1OCc1ccccc1F)c1cc2ccccc2o1. The van der Waals surface area contributed by atoms with Crippen molar-refractivity contribution < 1.29 is 18.3 Å². The number of para-hydroxylation sites is 1. The van der Waals surface area contributed by atoms with E-state index in [1.54, 1.807) is 48.5 Å². The van der Waals surface area contributed by atoms with Crippen LogP contribution in [0.15, 0.2) is 86.8 Å². The minimum Gasteiger partial charge on any atom is -0.488 e. The Morgan fingerprint density at radius 3 is 2.73 bits per heavy atom. The van der Waals surface area contributed by atoms with Gasteiger partial charge in [0.25, 0.3) is 0 Å². The van der Waals surface area contributed by atoms with Crippen LogP contribution in [0.5, 0.6) is 5.75 Å². The summed E-state index contributed by atoms with van der Waals surface area (Å²) in [6.45, 7) is 0.0699. The molecule has 0 atom stereocenters.